The fourth-order valence-electron chi connectivity index (χ4n) is 2.41. The van der Waals surface area contributed by atoms with Crippen LogP contribution in [-0.2, 0) is 10.4 Å². The highest BCUT2D eigenvalue weighted by atomic mass is 32.3. The quantitative estimate of drug-likeness (QED) is 0.0970. The molecule has 0 amide bonds. The Morgan fingerprint density at radius 3 is 0.931 bits per heavy atom. The summed E-state index contributed by atoms with van der Waals surface area (Å²) in [5.41, 5.74) is 0. The normalized spacial score (nSPS) is 14.2. The number of hydrogen-bond donors (Lipinski definition) is 6. The molecule has 13 heteroatoms. The molecule has 0 fully saturated rings. The van der Waals surface area contributed by atoms with E-state index < -0.39 is 10.4 Å². The zero-order valence-corrected chi connectivity index (χ0v) is 18.7. The minimum absolute atomic E-state index is 0.0595. The molecule has 0 saturated carbocycles. The zero-order chi connectivity index (χ0) is 23.7. The van der Waals surface area contributed by atoms with Crippen LogP contribution in [0.3, 0.4) is 0 Å². The molecule has 0 aromatic heterocycles. The van der Waals surface area contributed by atoms with E-state index in [1.54, 1.807) is 0 Å². The lowest BCUT2D eigenvalue weighted by molar-refractivity contribution is -0.932. The molecule has 0 aliphatic carbocycles. The van der Waals surface area contributed by atoms with Crippen LogP contribution >= 0.6 is 0 Å². The third-order valence-corrected chi connectivity index (χ3v) is 5.10. The molecule has 6 N–H and O–H groups in total. The second kappa shape index (κ2) is 17.3. The van der Waals surface area contributed by atoms with Crippen LogP contribution in [-0.4, -0.2) is 149 Å². The van der Waals surface area contributed by atoms with Gasteiger partial charge in [-0.25, -0.2) is 0 Å². The number of hydrogen-bond acceptors (Lipinski definition) is 10. The smallest absolute Gasteiger partial charge is 0.109 e. The Morgan fingerprint density at radius 1 is 0.655 bits per heavy atom. The maximum Gasteiger partial charge on any atom is 0.109 e. The van der Waals surface area contributed by atoms with E-state index in [1.807, 2.05) is 27.9 Å². The Balaban J connectivity index is -0.000000380. The maximum atomic E-state index is 8.94. The van der Waals surface area contributed by atoms with Gasteiger partial charge in [0.15, 0.2) is 0 Å². The molecule has 12 nitrogen and oxygen atoms in total. The summed E-state index contributed by atoms with van der Waals surface area (Å²) >= 11 is 0. The first-order valence-electron chi connectivity index (χ1n) is 9.21. The molecule has 29 heavy (non-hydrogen) atoms. The molecule has 0 aromatic carbocycles. The van der Waals surface area contributed by atoms with Crippen molar-refractivity contribution in [2.45, 2.75) is 25.9 Å². The minimum atomic E-state index is -5.17. The van der Waals surface area contributed by atoms with E-state index in [-0.39, 0.29) is 51.7 Å². The molecule has 0 aromatic rings. The molecule has 0 bridgehead atoms. The van der Waals surface area contributed by atoms with Crippen LogP contribution in [0.15, 0.2) is 0 Å². The fourth-order valence-corrected chi connectivity index (χ4v) is 2.41. The highest BCUT2D eigenvalue weighted by molar-refractivity contribution is 7.79. The second-order valence-corrected chi connectivity index (χ2v) is 8.04. The average molecular weight is 453 g/mol. The van der Waals surface area contributed by atoms with Gasteiger partial charge in [-0.05, 0) is 13.8 Å². The Bertz CT molecular complexity index is 430. The summed E-state index contributed by atoms with van der Waals surface area (Å²) in [6.07, 6.45) is 0. The third-order valence-electron chi connectivity index (χ3n) is 5.10. The first-order valence-corrected chi connectivity index (χ1v) is 10.5. The Labute approximate surface area is 174 Å². The highest BCUT2D eigenvalue weighted by Crippen LogP contribution is 2.09. The van der Waals surface area contributed by atoms with Gasteiger partial charge in [0.2, 0.25) is 0 Å². The third kappa shape index (κ3) is 18.1. The Kier molecular flexibility index (Phi) is 19.7. The lowest BCUT2D eigenvalue weighted by Crippen LogP contribution is -2.55. The molecule has 0 aliphatic rings. The predicted molar refractivity (Wildman–Crippen MR) is 104 cm³/mol. The second-order valence-electron chi connectivity index (χ2n) is 7.22. The minimum Gasteiger partial charge on any atom is -0.759 e. The van der Waals surface area contributed by atoms with E-state index in [1.165, 1.54) is 0 Å². The summed E-state index contributed by atoms with van der Waals surface area (Å²) < 4.78 is 35.1. The number of aliphatic hydroxyl groups is 6. The van der Waals surface area contributed by atoms with Crippen molar-refractivity contribution in [1.82, 2.24) is 0 Å². The average Bonchev–Trinajstić information content (AvgIpc) is 2.60. The topological polar surface area (TPSA) is 202 Å². The Morgan fingerprint density at radius 2 is 0.828 bits per heavy atom. The first-order chi connectivity index (χ1) is 13.2. The van der Waals surface area contributed by atoms with E-state index in [0.29, 0.717) is 35.1 Å². The monoisotopic (exact) mass is 452 g/mol. The van der Waals surface area contributed by atoms with Crippen molar-refractivity contribution >= 4 is 10.4 Å². The largest absolute Gasteiger partial charge is 0.759 e. The molecule has 0 rings (SSSR count). The van der Waals surface area contributed by atoms with Crippen molar-refractivity contribution in [3.8, 4) is 0 Å². The molecule has 0 heterocycles. The molecule has 2 atom stereocenters. The summed E-state index contributed by atoms with van der Waals surface area (Å²) in [5.74, 6) is 0. The number of aliphatic hydroxyl groups excluding tert-OH is 6. The number of nitrogens with zero attached hydrogens (tertiary/aromatic N) is 2. The molecule has 2 unspecified atom stereocenters. The highest BCUT2D eigenvalue weighted by Gasteiger charge is 2.27. The van der Waals surface area contributed by atoms with Gasteiger partial charge in [0.1, 0.15) is 38.3 Å². The van der Waals surface area contributed by atoms with E-state index >= 15 is 0 Å². The van der Waals surface area contributed by atoms with Crippen LogP contribution in [0.1, 0.15) is 13.8 Å². The van der Waals surface area contributed by atoms with Crippen LogP contribution in [0.2, 0.25) is 0 Å². The van der Waals surface area contributed by atoms with Crippen molar-refractivity contribution in [2.75, 3.05) is 79.9 Å². The van der Waals surface area contributed by atoms with Gasteiger partial charge >= 0.3 is 0 Å². The van der Waals surface area contributed by atoms with E-state index in [2.05, 4.69) is 0 Å². The van der Waals surface area contributed by atoms with E-state index in [4.69, 9.17) is 48.2 Å². The van der Waals surface area contributed by atoms with Crippen LogP contribution < -0.4 is 0 Å². The lowest BCUT2D eigenvalue weighted by atomic mass is 10.2. The van der Waals surface area contributed by atoms with Crippen molar-refractivity contribution in [1.29, 1.82) is 0 Å². The van der Waals surface area contributed by atoms with Gasteiger partial charge in [-0.2, -0.15) is 0 Å². The maximum absolute atomic E-state index is 8.94. The first kappa shape index (κ1) is 33.2. The molecule has 0 saturated heterocycles. The number of likely N-dealkylation sites (N-methyl/N-ethyl adjacent to an activating group) is 2. The van der Waals surface area contributed by atoms with E-state index in [9.17, 15) is 0 Å². The van der Waals surface area contributed by atoms with Crippen LogP contribution in [0.4, 0.5) is 0 Å². The fraction of sp³-hybridized carbons (Fsp3) is 1.00. The summed E-state index contributed by atoms with van der Waals surface area (Å²) in [7, 11) is -1.32. The van der Waals surface area contributed by atoms with Gasteiger partial charge in [-0.1, -0.05) is 0 Å². The van der Waals surface area contributed by atoms with Crippen molar-refractivity contribution in [3.05, 3.63) is 0 Å². The summed E-state index contributed by atoms with van der Waals surface area (Å²) in [6.45, 7) is 6.60. The predicted octanol–water partition coefficient (Wildman–Crippen LogP) is -3.74. The lowest BCUT2D eigenvalue weighted by Gasteiger charge is -2.38. The summed E-state index contributed by atoms with van der Waals surface area (Å²) in [6, 6.07) is 0.119. The number of quaternary nitrogens is 2. The van der Waals surface area contributed by atoms with Gasteiger partial charge < -0.3 is 48.7 Å². The molecule has 180 valence electrons. The van der Waals surface area contributed by atoms with Crippen LogP contribution in [0.5, 0.6) is 0 Å². The van der Waals surface area contributed by atoms with Crippen LogP contribution in [0.25, 0.3) is 0 Å². The van der Waals surface area contributed by atoms with Gasteiger partial charge in [0.05, 0.1) is 53.7 Å². The summed E-state index contributed by atoms with van der Waals surface area (Å²) in [5, 5.41) is 53.1. The molecule has 0 radical (unpaired) electrons. The molecule has 0 aliphatic heterocycles. The standard InChI is InChI=1S/2C8H20NO3.H2O4S/c2*1-8(7-12)9(2,3-5-10)4-6-11;1-5(2,3)4/h2*8,10-12H,3-7H2,1-2H3;(H2,1,2,3,4)/q2*+1;/p-2. The van der Waals surface area contributed by atoms with Gasteiger partial charge in [-0.15, -0.1) is 0 Å². The molecule has 0 spiro atoms. The molecular weight excluding hydrogens is 412 g/mol. The van der Waals surface area contributed by atoms with E-state index in [0.717, 1.165) is 0 Å². The Hall–Kier alpha value is -0.450. The van der Waals surface area contributed by atoms with Gasteiger partial charge in [-0.3, -0.25) is 8.42 Å². The SMILES string of the molecule is CC(CO)[N+](C)(CCO)CCO.CC(CO)[N+](C)(CCO)CCO.O=S(=O)([O-])[O-]. The van der Waals surface area contributed by atoms with Crippen molar-refractivity contribution < 1.29 is 57.1 Å². The van der Waals surface area contributed by atoms with Crippen LogP contribution in [0, 0.1) is 0 Å². The zero-order valence-electron chi connectivity index (χ0n) is 17.8. The van der Waals surface area contributed by atoms with Gasteiger partial charge in [0, 0.05) is 10.4 Å². The summed E-state index contributed by atoms with van der Waals surface area (Å²) in [4.78, 5) is 0. The van der Waals surface area contributed by atoms with Gasteiger partial charge in [0.25, 0.3) is 0 Å². The van der Waals surface area contributed by atoms with Crippen molar-refractivity contribution in [2.24, 2.45) is 0 Å². The number of rotatable bonds is 12. The molecular formula is C16H40N2O10S. The van der Waals surface area contributed by atoms with Crippen molar-refractivity contribution in [3.63, 3.8) is 0 Å².